The number of benzene rings is 1. The van der Waals surface area contributed by atoms with E-state index in [1.807, 2.05) is 0 Å². The number of hydrogen-bond acceptors (Lipinski definition) is 2. The van der Waals surface area contributed by atoms with Crippen LogP contribution in [0.25, 0.3) is 0 Å². The van der Waals surface area contributed by atoms with E-state index in [9.17, 15) is 5.11 Å². The molecule has 82 valence electrons. The SMILES string of the molecule is CN(C)c1ccccc1C1(CO)CCC1. The van der Waals surface area contributed by atoms with Gasteiger partial charge in [-0.3, -0.25) is 0 Å². The van der Waals surface area contributed by atoms with Gasteiger partial charge in [0.05, 0.1) is 6.61 Å². The van der Waals surface area contributed by atoms with Crippen LogP contribution in [0.4, 0.5) is 5.69 Å². The van der Waals surface area contributed by atoms with Crippen LogP contribution >= 0.6 is 0 Å². The Morgan fingerprint density at radius 1 is 1.27 bits per heavy atom. The highest BCUT2D eigenvalue weighted by Gasteiger charge is 2.39. The molecule has 1 saturated carbocycles. The van der Waals surface area contributed by atoms with Crippen LogP contribution in [0.5, 0.6) is 0 Å². The average molecular weight is 205 g/mol. The molecule has 0 spiro atoms. The second-order valence-corrected chi connectivity index (χ2v) is 4.70. The topological polar surface area (TPSA) is 23.5 Å². The van der Waals surface area contributed by atoms with Crippen molar-refractivity contribution >= 4 is 5.69 Å². The number of anilines is 1. The van der Waals surface area contributed by atoms with Crippen molar-refractivity contribution in [2.75, 3.05) is 25.6 Å². The van der Waals surface area contributed by atoms with Gasteiger partial charge >= 0.3 is 0 Å². The normalized spacial score (nSPS) is 18.3. The van der Waals surface area contributed by atoms with Crippen molar-refractivity contribution < 1.29 is 5.11 Å². The number of rotatable bonds is 3. The average Bonchev–Trinajstić information content (AvgIpc) is 2.17. The first-order chi connectivity index (χ1) is 7.19. The van der Waals surface area contributed by atoms with Gasteiger partial charge in [0.2, 0.25) is 0 Å². The van der Waals surface area contributed by atoms with Crippen molar-refractivity contribution in [3.8, 4) is 0 Å². The number of hydrogen-bond donors (Lipinski definition) is 1. The molecule has 0 atom stereocenters. The van der Waals surface area contributed by atoms with Gasteiger partial charge in [-0.15, -0.1) is 0 Å². The highest BCUT2D eigenvalue weighted by molar-refractivity contribution is 5.56. The van der Waals surface area contributed by atoms with Crippen LogP contribution in [0, 0.1) is 0 Å². The van der Waals surface area contributed by atoms with Crippen LogP contribution in [0.2, 0.25) is 0 Å². The van der Waals surface area contributed by atoms with Gasteiger partial charge in [-0.05, 0) is 24.5 Å². The zero-order valence-electron chi connectivity index (χ0n) is 9.53. The number of para-hydroxylation sites is 1. The van der Waals surface area contributed by atoms with Gasteiger partial charge < -0.3 is 10.0 Å². The monoisotopic (exact) mass is 205 g/mol. The Bertz CT molecular complexity index is 337. The maximum Gasteiger partial charge on any atom is 0.0528 e. The Hall–Kier alpha value is -1.02. The van der Waals surface area contributed by atoms with Crippen LogP contribution in [0.1, 0.15) is 24.8 Å². The molecule has 0 saturated heterocycles. The van der Waals surface area contributed by atoms with Crippen LogP contribution in [0.15, 0.2) is 24.3 Å². The molecule has 0 unspecified atom stereocenters. The van der Waals surface area contributed by atoms with E-state index in [4.69, 9.17) is 0 Å². The number of aliphatic hydroxyl groups is 1. The molecular formula is C13H19NO. The highest BCUT2D eigenvalue weighted by Crippen LogP contribution is 2.46. The molecule has 1 N–H and O–H groups in total. The highest BCUT2D eigenvalue weighted by atomic mass is 16.3. The lowest BCUT2D eigenvalue weighted by Gasteiger charge is -2.42. The molecule has 0 aromatic heterocycles. The Balaban J connectivity index is 2.42. The Morgan fingerprint density at radius 2 is 1.93 bits per heavy atom. The second-order valence-electron chi connectivity index (χ2n) is 4.70. The van der Waals surface area contributed by atoms with Crippen molar-refractivity contribution in [3.05, 3.63) is 29.8 Å². The third-order valence-electron chi connectivity index (χ3n) is 3.57. The maximum atomic E-state index is 9.58. The fraction of sp³-hybridized carbons (Fsp3) is 0.538. The summed E-state index contributed by atoms with van der Waals surface area (Å²) in [6, 6.07) is 8.41. The molecule has 0 amide bonds. The minimum Gasteiger partial charge on any atom is -0.395 e. The van der Waals surface area contributed by atoms with E-state index in [2.05, 4.69) is 43.3 Å². The molecule has 15 heavy (non-hydrogen) atoms. The smallest absolute Gasteiger partial charge is 0.0528 e. The van der Waals surface area contributed by atoms with Crippen LogP contribution < -0.4 is 4.90 Å². The molecule has 1 aromatic rings. The zero-order valence-corrected chi connectivity index (χ0v) is 9.53. The minimum atomic E-state index is 0.0425. The van der Waals surface area contributed by atoms with Crippen molar-refractivity contribution in [2.45, 2.75) is 24.7 Å². The van der Waals surface area contributed by atoms with Crippen LogP contribution in [0.3, 0.4) is 0 Å². The van der Waals surface area contributed by atoms with Crippen molar-refractivity contribution in [1.82, 2.24) is 0 Å². The molecule has 1 fully saturated rings. The molecule has 1 aliphatic rings. The maximum absolute atomic E-state index is 9.58. The largest absolute Gasteiger partial charge is 0.395 e. The Labute approximate surface area is 91.5 Å². The Kier molecular flexibility index (Phi) is 2.70. The number of nitrogens with zero attached hydrogens (tertiary/aromatic N) is 1. The van der Waals surface area contributed by atoms with Gasteiger partial charge in [0.15, 0.2) is 0 Å². The van der Waals surface area contributed by atoms with Gasteiger partial charge in [-0.1, -0.05) is 24.6 Å². The molecule has 0 bridgehead atoms. The third kappa shape index (κ3) is 1.63. The lowest BCUT2D eigenvalue weighted by atomic mass is 9.64. The summed E-state index contributed by atoms with van der Waals surface area (Å²) in [4.78, 5) is 2.13. The molecule has 0 radical (unpaired) electrons. The lowest BCUT2D eigenvalue weighted by Crippen LogP contribution is -2.39. The van der Waals surface area contributed by atoms with Crippen molar-refractivity contribution in [1.29, 1.82) is 0 Å². The zero-order chi connectivity index (χ0) is 10.9. The van der Waals surface area contributed by atoms with Gasteiger partial charge in [0.25, 0.3) is 0 Å². The van der Waals surface area contributed by atoms with Gasteiger partial charge in [0.1, 0.15) is 0 Å². The minimum absolute atomic E-state index is 0.0425. The Morgan fingerprint density at radius 3 is 2.40 bits per heavy atom. The van der Waals surface area contributed by atoms with Gasteiger partial charge in [-0.2, -0.15) is 0 Å². The molecule has 0 aliphatic heterocycles. The van der Waals surface area contributed by atoms with Crippen LogP contribution in [-0.2, 0) is 5.41 Å². The quantitative estimate of drug-likeness (QED) is 0.817. The summed E-state index contributed by atoms with van der Waals surface area (Å²) in [7, 11) is 4.12. The summed E-state index contributed by atoms with van der Waals surface area (Å²) in [5, 5.41) is 9.58. The molecule has 1 aromatic carbocycles. The van der Waals surface area contributed by atoms with E-state index >= 15 is 0 Å². The molecule has 2 nitrogen and oxygen atoms in total. The fourth-order valence-corrected chi connectivity index (χ4v) is 2.43. The second kappa shape index (κ2) is 3.86. The van der Waals surface area contributed by atoms with E-state index in [0.29, 0.717) is 0 Å². The predicted molar refractivity (Wildman–Crippen MR) is 63.4 cm³/mol. The predicted octanol–water partition coefficient (Wildman–Crippen LogP) is 2.17. The first-order valence-electron chi connectivity index (χ1n) is 5.57. The van der Waals surface area contributed by atoms with E-state index in [1.54, 1.807) is 0 Å². The molecule has 0 heterocycles. The summed E-state index contributed by atoms with van der Waals surface area (Å²) in [5.74, 6) is 0. The third-order valence-corrected chi connectivity index (χ3v) is 3.57. The van der Waals surface area contributed by atoms with Gasteiger partial charge in [0, 0.05) is 25.2 Å². The van der Waals surface area contributed by atoms with E-state index in [1.165, 1.54) is 17.7 Å². The molecule has 1 aliphatic carbocycles. The first kappa shape index (κ1) is 10.5. The first-order valence-corrected chi connectivity index (χ1v) is 5.57. The van der Waals surface area contributed by atoms with Crippen molar-refractivity contribution in [3.63, 3.8) is 0 Å². The molecule has 2 rings (SSSR count). The van der Waals surface area contributed by atoms with Gasteiger partial charge in [-0.25, -0.2) is 0 Å². The van der Waals surface area contributed by atoms with Crippen LogP contribution in [-0.4, -0.2) is 25.8 Å². The molecule has 2 heteroatoms. The standard InChI is InChI=1S/C13H19NO/c1-14(2)12-7-4-3-6-11(12)13(10-15)8-5-9-13/h3-4,6-7,15H,5,8-10H2,1-2H3. The van der Waals surface area contributed by atoms with Crippen molar-refractivity contribution in [2.24, 2.45) is 0 Å². The molecular weight excluding hydrogens is 186 g/mol. The summed E-state index contributed by atoms with van der Waals surface area (Å²) < 4.78 is 0. The summed E-state index contributed by atoms with van der Waals surface area (Å²) in [5.41, 5.74) is 2.59. The lowest BCUT2D eigenvalue weighted by molar-refractivity contribution is 0.120. The van der Waals surface area contributed by atoms with E-state index in [-0.39, 0.29) is 12.0 Å². The number of aliphatic hydroxyl groups excluding tert-OH is 1. The van der Waals surface area contributed by atoms with E-state index in [0.717, 1.165) is 12.8 Å². The van der Waals surface area contributed by atoms with E-state index < -0.39 is 0 Å². The summed E-state index contributed by atoms with van der Waals surface area (Å²) in [6.45, 7) is 0.276. The fourth-order valence-electron chi connectivity index (χ4n) is 2.43. The summed E-state index contributed by atoms with van der Waals surface area (Å²) in [6.07, 6.45) is 3.48. The summed E-state index contributed by atoms with van der Waals surface area (Å²) >= 11 is 0.